The molecule has 2 aromatic carbocycles. The van der Waals surface area contributed by atoms with Gasteiger partial charge in [0.2, 0.25) is 0 Å². The van der Waals surface area contributed by atoms with Gasteiger partial charge in [0.15, 0.2) is 40.4 Å². The molecule has 0 spiro atoms. The number of rotatable bonds is 20. The largest absolute Gasteiger partial charge is 0.493 e. The number of likely N-dealkylation sites (tertiary alicyclic amines) is 2. The number of hydrogen-bond donors (Lipinski definition) is 2. The fourth-order valence-corrected chi connectivity index (χ4v) is 13.1. The summed E-state index contributed by atoms with van der Waals surface area (Å²) in [5, 5.41) is 23.7. The van der Waals surface area contributed by atoms with Crippen molar-refractivity contribution >= 4 is 17.4 Å². The number of aliphatic hydroxyl groups is 2. The highest BCUT2D eigenvalue weighted by Gasteiger charge is 2.58. The van der Waals surface area contributed by atoms with Crippen LogP contribution in [0.4, 0.5) is 38.0 Å². The van der Waals surface area contributed by atoms with Gasteiger partial charge in [-0.05, 0) is 100 Å². The highest BCUT2D eigenvalue weighted by atomic mass is 19.4. The summed E-state index contributed by atoms with van der Waals surface area (Å²) in [7, 11) is 3.10. The number of pyridine rings is 2. The zero-order valence-corrected chi connectivity index (χ0v) is 49.2. The molecule has 10 rings (SSSR count). The Morgan fingerprint density at radius 3 is 1.27 bits per heavy atom. The number of halogens is 6. The minimum absolute atomic E-state index is 0.0780. The van der Waals surface area contributed by atoms with Crippen LogP contribution >= 0.6 is 0 Å². The van der Waals surface area contributed by atoms with Gasteiger partial charge in [0.05, 0.1) is 90.7 Å². The molecule has 0 saturated carbocycles. The van der Waals surface area contributed by atoms with Crippen molar-refractivity contribution in [3.63, 3.8) is 0 Å². The molecule has 2 aromatic heterocycles. The molecule has 2 N–H and O–H groups in total. The molecule has 6 saturated heterocycles. The van der Waals surface area contributed by atoms with Gasteiger partial charge in [-0.2, -0.15) is 26.3 Å². The van der Waals surface area contributed by atoms with Crippen LogP contribution in [-0.4, -0.2) is 188 Å². The van der Waals surface area contributed by atoms with Crippen LogP contribution < -0.4 is 28.7 Å². The van der Waals surface area contributed by atoms with E-state index in [4.69, 9.17) is 37.9 Å². The van der Waals surface area contributed by atoms with Gasteiger partial charge >= 0.3 is 12.4 Å². The highest BCUT2D eigenvalue weighted by Crippen LogP contribution is 2.52. The summed E-state index contributed by atoms with van der Waals surface area (Å²) in [5.41, 5.74) is 0.205. The molecule has 8 heterocycles. The first kappa shape index (κ1) is 61.6. The van der Waals surface area contributed by atoms with Crippen LogP contribution in [-0.2, 0) is 36.6 Å². The Kier molecular flexibility index (Phi) is 17.1. The van der Waals surface area contributed by atoms with E-state index in [1.54, 1.807) is 40.2 Å². The molecule has 6 aliphatic heterocycles. The summed E-state index contributed by atoms with van der Waals surface area (Å²) in [5.74, 6) is 0.0733. The Balaban J connectivity index is 0.911. The summed E-state index contributed by atoms with van der Waals surface area (Å²) in [6.45, 7) is 18.0. The number of anilines is 2. The maximum Gasteiger partial charge on any atom is 0.393 e. The highest BCUT2D eigenvalue weighted by molar-refractivity contribution is 5.90. The fourth-order valence-electron chi connectivity index (χ4n) is 13.1. The number of benzene rings is 2. The number of aliphatic hydroxyl groups excluding tert-OH is 2. The smallest absolute Gasteiger partial charge is 0.393 e. The Hall–Kier alpha value is -5.53. The molecular formula is C61H78F6N6O11. The average Bonchev–Trinajstić information content (AvgIpc) is 3.15. The minimum atomic E-state index is -4.34. The number of ketones is 1. The number of nitrogens with zero attached hydrogens (tertiary/aromatic N) is 6. The summed E-state index contributed by atoms with van der Waals surface area (Å²) < 4.78 is 129. The van der Waals surface area contributed by atoms with Crippen molar-refractivity contribution in [3.05, 3.63) is 95.3 Å². The molecule has 2 unspecified atom stereocenters. The van der Waals surface area contributed by atoms with Crippen molar-refractivity contribution in [2.24, 2.45) is 10.8 Å². The van der Waals surface area contributed by atoms with Crippen LogP contribution in [0.5, 0.6) is 23.0 Å². The predicted octanol–water partition coefficient (Wildman–Crippen LogP) is 8.12. The summed E-state index contributed by atoms with van der Waals surface area (Å²) in [6.07, 6.45) is -12.1. The molecule has 0 aliphatic carbocycles. The molecule has 17 nitrogen and oxygen atoms in total. The number of ether oxygens (including phenoxy) is 8. The maximum atomic E-state index is 16.4. The lowest BCUT2D eigenvalue weighted by atomic mass is 9.72. The maximum absolute atomic E-state index is 16.4. The number of alkyl halides is 6. The first-order chi connectivity index (χ1) is 39.4. The lowest BCUT2D eigenvalue weighted by Gasteiger charge is -2.40. The number of methoxy groups -OCH3 is 2. The first-order valence-corrected chi connectivity index (χ1v) is 28.7. The van der Waals surface area contributed by atoms with E-state index in [1.165, 1.54) is 24.5 Å². The average molecular weight is 1190 g/mol. The van der Waals surface area contributed by atoms with Crippen molar-refractivity contribution in [2.75, 3.05) is 89.6 Å². The normalized spacial score (nSPS) is 28.2. The monoisotopic (exact) mass is 1180 g/mol. The van der Waals surface area contributed by atoms with Gasteiger partial charge in [-0.1, -0.05) is 38.1 Å². The number of hydrogen-bond acceptors (Lipinski definition) is 17. The van der Waals surface area contributed by atoms with Crippen molar-refractivity contribution in [1.82, 2.24) is 19.8 Å². The summed E-state index contributed by atoms with van der Waals surface area (Å²) in [4.78, 5) is 33.0. The lowest BCUT2D eigenvalue weighted by molar-refractivity contribution is -0.162. The molecule has 460 valence electrons. The Morgan fingerprint density at radius 1 is 0.595 bits per heavy atom. The molecule has 0 amide bonds. The van der Waals surface area contributed by atoms with Crippen molar-refractivity contribution in [2.45, 2.75) is 153 Å². The SMILES string of the molecule is COc1ccc([C@@H]2CN(C(C(=O)C([C@H]3COC(C)(C)O3)N3C[C@@H](c4ccc(OC)c(OC5CN(c6ccc(CC(F)(F)F)cn6)C5)c4)[C@](C)([C@@H](C)O)C3)[C@H]3COC(C)(C)O3)C[C@@]2(C)[C@@H](C)O)cc1OC1CN(c2ccc(CC(F)(F)F)cn2)C1. The number of aromatic nitrogens is 2. The van der Waals surface area contributed by atoms with Gasteiger partial charge in [0, 0.05) is 61.2 Å². The Morgan fingerprint density at radius 2 is 0.976 bits per heavy atom. The lowest BCUT2D eigenvalue weighted by Crippen LogP contribution is -2.60. The predicted molar refractivity (Wildman–Crippen MR) is 298 cm³/mol. The van der Waals surface area contributed by atoms with E-state index in [9.17, 15) is 36.6 Å². The van der Waals surface area contributed by atoms with Crippen molar-refractivity contribution in [3.8, 4) is 23.0 Å². The molecule has 84 heavy (non-hydrogen) atoms. The van der Waals surface area contributed by atoms with Gasteiger partial charge in [0.1, 0.15) is 36.1 Å². The first-order valence-electron chi connectivity index (χ1n) is 28.7. The van der Waals surface area contributed by atoms with Crippen LogP contribution in [0.1, 0.15) is 89.5 Å². The van der Waals surface area contributed by atoms with Gasteiger partial charge < -0.3 is 57.9 Å². The van der Waals surface area contributed by atoms with Gasteiger partial charge in [0.25, 0.3) is 0 Å². The molecular weight excluding hydrogens is 1110 g/mol. The Labute approximate surface area is 486 Å². The Bertz CT molecular complexity index is 2760. The second kappa shape index (κ2) is 23.3. The number of carbonyl (C=O) groups excluding carboxylic acids is 1. The standard InChI is InChI=1S/C61H78F6N6O11/c1-35(74)58(7)33-72(29-43(58)39-13-15-45(77-9)47(19-39)81-41-25-70(26-41)51-17-11-37(23-68-51)21-60(62,63)64)53(49-31-79-56(3,4)83-49)55(76)54(50-32-80-57(5,6)84-50)73-30-44(59(8,34-73)36(2)75)40-14-16-46(78-10)48(20-40)82-42-27-71(28-42)52-18-12-38(24-69-52)22-61(65,66)67/h11-20,23-24,35-36,41-44,49-50,53-54,74-75H,21-22,25-34H2,1-10H3/t35-,36-,43+,44+,49-,50-,53?,54?,58+,59+/m1/s1. The van der Waals surface area contributed by atoms with E-state index in [2.05, 4.69) is 19.8 Å². The topological polar surface area (TPSA) is 170 Å². The molecule has 23 heteroatoms. The third-order valence-corrected chi connectivity index (χ3v) is 18.1. The van der Waals surface area contributed by atoms with Gasteiger partial charge in [-0.3, -0.25) is 14.6 Å². The van der Waals surface area contributed by atoms with E-state index in [0.29, 0.717) is 73.9 Å². The van der Waals surface area contributed by atoms with E-state index < -0.39 is 84.1 Å². The third kappa shape index (κ3) is 13.1. The van der Waals surface area contributed by atoms with Crippen LogP contribution in [0.15, 0.2) is 73.1 Å². The van der Waals surface area contributed by atoms with Crippen LogP contribution in [0, 0.1) is 10.8 Å². The van der Waals surface area contributed by atoms with E-state index in [0.717, 1.165) is 11.1 Å². The van der Waals surface area contributed by atoms with E-state index >= 15 is 4.79 Å². The van der Waals surface area contributed by atoms with Crippen molar-refractivity contribution < 1.29 is 79.2 Å². The second-order valence-corrected chi connectivity index (χ2v) is 25.1. The van der Waals surface area contributed by atoms with E-state index in [1.807, 2.05) is 87.7 Å². The van der Waals surface area contributed by atoms with Crippen LogP contribution in [0.25, 0.3) is 0 Å². The number of carbonyl (C=O) groups is 1. The fraction of sp³-hybridized carbons (Fsp3) is 0.623. The van der Waals surface area contributed by atoms with Crippen molar-refractivity contribution in [1.29, 1.82) is 0 Å². The summed E-state index contributed by atoms with van der Waals surface area (Å²) in [6, 6.07) is 15.6. The second-order valence-electron chi connectivity index (χ2n) is 25.1. The molecule has 0 bridgehead atoms. The van der Waals surface area contributed by atoms with Crippen LogP contribution in [0.2, 0.25) is 0 Å². The quantitative estimate of drug-likeness (QED) is 0.0813. The van der Waals surface area contributed by atoms with E-state index in [-0.39, 0.29) is 67.3 Å². The van der Waals surface area contributed by atoms with Gasteiger partial charge in [-0.15, -0.1) is 0 Å². The summed E-state index contributed by atoms with van der Waals surface area (Å²) >= 11 is 0. The number of Topliss-reactive ketones (excluding diaryl/α,β-unsaturated/α-hetero) is 1. The molecule has 10 atom stereocenters. The molecule has 6 fully saturated rings. The third-order valence-electron chi connectivity index (χ3n) is 18.1. The van der Waals surface area contributed by atoms with Gasteiger partial charge in [-0.25, -0.2) is 9.97 Å². The zero-order valence-electron chi connectivity index (χ0n) is 49.2. The molecule has 4 aromatic rings. The molecule has 6 aliphatic rings. The van der Waals surface area contributed by atoms with Crippen LogP contribution in [0.3, 0.4) is 0 Å². The molecule has 0 radical (unpaired) electrons. The minimum Gasteiger partial charge on any atom is -0.493 e. The zero-order chi connectivity index (χ0) is 60.5.